The zero-order valence-electron chi connectivity index (χ0n) is 11.5. The molecule has 102 valence electrons. The van der Waals surface area contributed by atoms with Crippen LogP contribution in [0.25, 0.3) is 0 Å². The smallest absolute Gasteiger partial charge is 0.138 e. The van der Waals surface area contributed by atoms with E-state index in [9.17, 15) is 0 Å². The highest BCUT2D eigenvalue weighted by Gasteiger charge is 2.17. The van der Waals surface area contributed by atoms with Crippen molar-refractivity contribution in [3.63, 3.8) is 0 Å². The minimum absolute atomic E-state index is 0.239. The number of aromatic nitrogens is 3. The van der Waals surface area contributed by atoms with Crippen molar-refractivity contribution in [2.24, 2.45) is 11.7 Å². The normalized spacial score (nSPS) is 19.7. The van der Waals surface area contributed by atoms with Gasteiger partial charge in [-0.15, -0.1) is 0 Å². The minimum atomic E-state index is 0.239. The molecule has 0 saturated heterocycles. The lowest BCUT2D eigenvalue weighted by atomic mass is 9.91. The summed E-state index contributed by atoms with van der Waals surface area (Å²) in [6.45, 7) is 2.97. The molecule has 1 aliphatic rings. The van der Waals surface area contributed by atoms with Crippen molar-refractivity contribution < 1.29 is 0 Å². The maximum Gasteiger partial charge on any atom is 0.138 e. The molecule has 1 atom stereocenters. The Kier molecular flexibility index (Phi) is 5.17. The molecule has 0 amide bonds. The fraction of sp³-hybridized carbons (Fsp3) is 0.857. The number of hydrogen-bond acceptors (Lipinski definition) is 3. The van der Waals surface area contributed by atoms with Gasteiger partial charge in [0.25, 0.3) is 0 Å². The highest BCUT2D eigenvalue weighted by atomic mass is 15.3. The standard InChI is InChI=1S/C14H26N4/c1-2-18-14(16-11-17-18)10-13(15)9-12-7-5-3-4-6-8-12/h11-13H,2-10,15H2,1H3. The second-order valence-electron chi connectivity index (χ2n) is 5.55. The van der Waals surface area contributed by atoms with Gasteiger partial charge in [0, 0.05) is 19.0 Å². The molecular formula is C14H26N4. The first kappa shape index (κ1) is 13.5. The molecule has 4 nitrogen and oxygen atoms in total. The van der Waals surface area contributed by atoms with Gasteiger partial charge in [-0.05, 0) is 19.3 Å². The van der Waals surface area contributed by atoms with Crippen molar-refractivity contribution in [3.05, 3.63) is 12.2 Å². The average molecular weight is 250 g/mol. The summed E-state index contributed by atoms with van der Waals surface area (Å²) in [5, 5.41) is 4.20. The van der Waals surface area contributed by atoms with Gasteiger partial charge in [0.1, 0.15) is 12.2 Å². The van der Waals surface area contributed by atoms with Gasteiger partial charge in [0.05, 0.1) is 0 Å². The summed E-state index contributed by atoms with van der Waals surface area (Å²) in [6.07, 6.45) is 12.0. The third-order valence-electron chi connectivity index (χ3n) is 4.05. The SMILES string of the molecule is CCn1ncnc1CC(N)CC1CCCCCC1. The Bertz CT molecular complexity index is 339. The largest absolute Gasteiger partial charge is 0.327 e. The molecule has 1 aromatic rings. The van der Waals surface area contributed by atoms with Gasteiger partial charge in [-0.3, -0.25) is 4.68 Å². The number of rotatable bonds is 5. The third-order valence-corrected chi connectivity index (χ3v) is 4.05. The van der Waals surface area contributed by atoms with Gasteiger partial charge in [-0.25, -0.2) is 4.98 Å². The maximum atomic E-state index is 6.29. The van der Waals surface area contributed by atoms with Crippen LogP contribution in [0.1, 0.15) is 57.7 Å². The van der Waals surface area contributed by atoms with E-state index in [1.165, 1.54) is 38.5 Å². The lowest BCUT2D eigenvalue weighted by molar-refractivity contribution is 0.381. The van der Waals surface area contributed by atoms with E-state index < -0.39 is 0 Å². The number of nitrogens with zero attached hydrogens (tertiary/aromatic N) is 3. The van der Waals surface area contributed by atoms with Crippen LogP contribution in [0.5, 0.6) is 0 Å². The molecule has 1 unspecified atom stereocenters. The number of hydrogen-bond donors (Lipinski definition) is 1. The molecule has 2 rings (SSSR count). The fourth-order valence-corrected chi connectivity index (χ4v) is 3.06. The van der Waals surface area contributed by atoms with Crippen LogP contribution >= 0.6 is 0 Å². The number of nitrogens with two attached hydrogens (primary N) is 1. The fourth-order valence-electron chi connectivity index (χ4n) is 3.06. The molecule has 0 radical (unpaired) electrons. The van der Waals surface area contributed by atoms with Crippen molar-refractivity contribution in [1.29, 1.82) is 0 Å². The van der Waals surface area contributed by atoms with Crippen LogP contribution in [0.2, 0.25) is 0 Å². The molecule has 1 heterocycles. The molecule has 0 aliphatic heterocycles. The maximum absolute atomic E-state index is 6.29. The Hall–Kier alpha value is -0.900. The predicted molar refractivity (Wildman–Crippen MR) is 73.2 cm³/mol. The van der Waals surface area contributed by atoms with Gasteiger partial charge in [0.15, 0.2) is 0 Å². The lowest BCUT2D eigenvalue weighted by Gasteiger charge is -2.19. The average Bonchev–Trinajstić information content (AvgIpc) is 2.64. The van der Waals surface area contributed by atoms with Gasteiger partial charge < -0.3 is 5.73 Å². The zero-order chi connectivity index (χ0) is 12.8. The first-order valence-corrected chi connectivity index (χ1v) is 7.42. The number of aryl methyl sites for hydroxylation is 1. The molecular weight excluding hydrogens is 224 g/mol. The monoisotopic (exact) mass is 250 g/mol. The van der Waals surface area contributed by atoms with E-state index in [2.05, 4.69) is 17.0 Å². The zero-order valence-corrected chi connectivity index (χ0v) is 11.5. The molecule has 1 aliphatic carbocycles. The van der Waals surface area contributed by atoms with Crippen LogP contribution in [0, 0.1) is 5.92 Å². The van der Waals surface area contributed by atoms with E-state index in [-0.39, 0.29) is 6.04 Å². The summed E-state index contributed by atoms with van der Waals surface area (Å²) in [6, 6.07) is 0.239. The Morgan fingerprint density at radius 1 is 1.33 bits per heavy atom. The van der Waals surface area contributed by atoms with Crippen LogP contribution in [0.4, 0.5) is 0 Å². The lowest BCUT2D eigenvalue weighted by Crippen LogP contribution is -2.27. The molecule has 0 aromatic carbocycles. The summed E-state index contributed by atoms with van der Waals surface area (Å²) in [7, 11) is 0. The van der Waals surface area contributed by atoms with E-state index in [4.69, 9.17) is 5.73 Å². The van der Waals surface area contributed by atoms with Crippen molar-refractivity contribution in [2.45, 2.75) is 70.9 Å². The summed E-state index contributed by atoms with van der Waals surface area (Å²) in [5.74, 6) is 1.87. The summed E-state index contributed by atoms with van der Waals surface area (Å²) in [4.78, 5) is 4.31. The highest BCUT2D eigenvalue weighted by Crippen LogP contribution is 2.26. The van der Waals surface area contributed by atoms with Crippen LogP contribution in [0.3, 0.4) is 0 Å². The molecule has 0 spiro atoms. The Labute approximate surface area is 110 Å². The molecule has 1 fully saturated rings. The van der Waals surface area contributed by atoms with E-state index in [1.54, 1.807) is 6.33 Å². The summed E-state index contributed by atoms with van der Waals surface area (Å²) >= 11 is 0. The Morgan fingerprint density at radius 2 is 2.06 bits per heavy atom. The first-order valence-electron chi connectivity index (χ1n) is 7.42. The van der Waals surface area contributed by atoms with Crippen LogP contribution in [-0.4, -0.2) is 20.8 Å². The molecule has 1 saturated carbocycles. The first-order chi connectivity index (χ1) is 8.79. The van der Waals surface area contributed by atoms with E-state index in [0.29, 0.717) is 0 Å². The van der Waals surface area contributed by atoms with Crippen LogP contribution in [0.15, 0.2) is 6.33 Å². The van der Waals surface area contributed by atoms with E-state index in [0.717, 1.165) is 31.1 Å². The van der Waals surface area contributed by atoms with Gasteiger partial charge in [-0.1, -0.05) is 38.5 Å². The molecule has 2 N–H and O–H groups in total. The Balaban J connectivity index is 1.82. The van der Waals surface area contributed by atoms with Crippen molar-refractivity contribution >= 4 is 0 Å². The van der Waals surface area contributed by atoms with E-state index in [1.807, 2.05) is 4.68 Å². The van der Waals surface area contributed by atoms with Gasteiger partial charge in [0.2, 0.25) is 0 Å². The topological polar surface area (TPSA) is 56.7 Å². The molecule has 18 heavy (non-hydrogen) atoms. The second-order valence-corrected chi connectivity index (χ2v) is 5.55. The third kappa shape index (κ3) is 3.80. The van der Waals surface area contributed by atoms with Crippen molar-refractivity contribution in [3.8, 4) is 0 Å². The van der Waals surface area contributed by atoms with E-state index >= 15 is 0 Å². The van der Waals surface area contributed by atoms with Crippen molar-refractivity contribution in [2.75, 3.05) is 0 Å². The van der Waals surface area contributed by atoms with Crippen molar-refractivity contribution in [1.82, 2.24) is 14.8 Å². The molecule has 4 heteroatoms. The van der Waals surface area contributed by atoms with Gasteiger partial charge in [-0.2, -0.15) is 5.10 Å². The summed E-state index contributed by atoms with van der Waals surface area (Å²) in [5.41, 5.74) is 6.29. The summed E-state index contributed by atoms with van der Waals surface area (Å²) < 4.78 is 1.95. The van der Waals surface area contributed by atoms with Crippen LogP contribution in [-0.2, 0) is 13.0 Å². The second kappa shape index (κ2) is 6.88. The molecule has 1 aromatic heterocycles. The quantitative estimate of drug-likeness (QED) is 0.817. The predicted octanol–water partition coefficient (Wildman–Crippen LogP) is 2.53. The van der Waals surface area contributed by atoms with Gasteiger partial charge >= 0.3 is 0 Å². The highest BCUT2D eigenvalue weighted by molar-refractivity contribution is 4.89. The van der Waals surface area contributed by atoms with Crippen LogP contribution < -0.4 is 5.73 Å². The minimum Gasteiger partial charge on any atom is -0.327 e. The molecule has 0 bridgehead atoms. The Morgan fingerprint density at radius 3 is 2.72 bits per heavy atom.